The molecule has 0 fully saturated rings. The summed E-state index contributed by atoms with van der Waals surface area (Å²) in [6, 6.07) is 12.9. The maximum atomic E-state index is 12.6. The highest BCUT2D eigenvalue weighted by molar-refractivity contribution is 7.13. The Morgan fingerprint density at radius 3 is 2.52 bits per heavy atom. The summed E-state index contributed by atoms with van der Waals surface area (Å²) in [5.74, 6) is 0. The first-order chi connectivity index (χ1) is 12.0. The van der Waals surface area contributed by atoms with E-state index in [0.29, 0.717) is 17.1 Å². The highest BCUT2D eigenvalue weighted by atomic mass is 32.1. The van der Waals surface area contributed by atoms with E-state index in [0.717, 1.165) is 28.9 Å². The fraction of sp³-hybridized carbons (Fsp3) is 0.111. The number of benzene rings is 2. The van der Waals surface area contributed by atoms with Gasteiger partial charge < -0.3 is 4.57 Å². The second kappa shape index (κ2) is 6.00. The number of nitrogens with zero attached hydrogens (tertiary/aromatic N) is 3. The molecule has 0 unspecified atom stereocenters. The van der Waals surface area contributed by atoms with Crippen LogP contribution in [0.4, 0.5) is 13.2 Å². The van der Waals surface area contributed by atoms with E-state index in [9.17, 15) is 13.2 Å². The van der Waals surface area contributed by atoms with Crippen LogP contribution in [0, 0.1) is 0 Å². The van der Waals surface area contributed by atoms with Crippen molar-refractivity contribution in [3.8, 4) is 10.6 Å². The minimum atomic E-state index is -4.32. The quantitative estimate of drug-likeness (QED) is 0.502. The molecule has 2 aromatic heterocycles. The Morgan fingerprint density at radius 2 is 1.76 bits per heavy atom. The van der Waals surface area contributed by atoms with E-state index in [2.05, 4.69) is 9.97 Å². The van der Waals surface area contributed by atoms with E-state index in [1.807, 2.05) is 34.2 Å². The van der Waals surface area contributed by atoms with Crippen LogP contribution in [0.5, 0.6) is 0 Å². The summed E-state index contributed by atoms with van der Waals surface area (Å²) >= 11 is 1.42. The van der Waals surface area contributed by atoms with Crippen LogP contribution in [0.1, 0.15) is 11.3 Å². The SMILES string of the molecule is FC(F)(F)c1ccc(-c2nc(Cn3cnc4ccccc43)cs2)cc1. The summed E-state index contributed by atoms with van der Waals surface area (Å²) in [5, 5.41) is 2.62. The zero-order valence-electron chi connectivity index (χ0n) is 12.9. The van der Waals surface area contributed by atoms with E-state index in [-0.39, 0.29) is 0 Å². The van der Waals surface area contributed by atoms with Gasteiger partial charge in [-0.05, 0) is 24.3 Å². The molecule has 2 aromatic carbocycles. The number of hydrogen-bond acceptors (Lipinski definition) is 3. The Kier molecular flexibility index (Phi) is 3.80. The van der Waals surface area contributed by atoms with E-state index < -0.39 is 11.7 Å². The summed E-state index contributed by atoms with van der Waals surface area (Å²) in [6.07, 6.45) is -2.56. The van der Waals surface area contributed by atoms with Crippen molar-refractivity contribution in [3.63, 3.8) is 0 Å². The number of imidazole rings is 1. The minimum absolute atomic E-state index is 0.567. The highest BCUT2D eigenvalue weighted by Gasteiger charge is 2.30. The first kappa shape index (κ1) is 15.8. The third-order valence-corrected chi connectivity index (χ3v) is 4.81. The van der Waals surface area contributed by atoms with Gasteiger partial charge in [0.15, 0.2) is 0 Å². The van der Waals surface area contributed by atoms with Crippen molar-refractivity contribution in [3.05, 3.63) is 71.5 Å². The van der Waals surface area contributed by atoms with Crippen molar-refractivity contribution in [2.75, 3.05) is 0 Å². The predicted octanol–water partition coefficient (Wildman–Crippen LogP) is 5.23. The van der Waals surface area contributed by atoms with Crippen molar-refractivity contribution in [2.24, 2.45) is 0 Å². The molecule has 3 nitrogen and oxygen atoms in total. The second-order valence-corrected chi connectivity index (χ2v) is 6.44. The van der Waals surface area contributed by atoms with E-state index >= 15 is 0 Å². The first-order valence-corrected chi connectivity index (χ1v) is 8.40. The molecule has 4 aromatic rings. The third-order valence-electron chi connectivity index (χ3n) is 3.87. The summed E-state index contributed by atoms with van der Waals surface area (Å²) in [4.78, 5) is 8.89. The van der Waals surface area contributed by atoms with Crippen LogP contribution in [0.15, 0.2) is 60.2 Å². The Bertz CT molecular complexity index is 1020. The van der Waals surface area contributed by atoms with Gasteiger partial charge in [-0.3, -0.25) is 0 Å². The van der Waals surface area contributed by atoms with Crippen LogP contribution in [0.25, 0.3) is 21.6 Å². The molecule has 0 radical (unpaired) electrons. The zero-order chi connectivity index (χ0) is 17.4. The number of thiazole rings is 1. The molecular weight excluding hydrogens is 347 g/mol. The van der Waals surface area contributed by atoms with Crippen molar-refractivity contribution < 1.29 is 13.2 Å². The Labute approximate surface area is 145 Å². The Morgan fingerprint density at radius 1 is 1.00 bits per heavy atom. The molecule has 0 atom stereocenters. The van der Waals surface area contributed by atoms with E-state index in [1.54, 1.807) is 6.33 Å². The molecule has 2 heterocycles. The molecule has 0 aliphatic heterocycles. The number of rotatable bonds is 3. The number of halogens is 3. The van der Waals surface area contributed by atoms with Gasteiger partial charge >= 0.3 is 6.18 Å². The fourth-order valence-electron chi connectivity index (χ4n) is 2.62. The molecule has 0 aliphatic carbocycles. The highest BCUT2D eigenvalue weighted by Crippen LogP contribution is 2.32. The fourth-order valence-corrected chi connectivity index (χ4v) is 3.44. The average Bonchev–Trinajstić information content (AvgIpc) is 3.22. The van der Waals surface area contributed by atoms with Gasteiger partial charge in [0.05, 0.1) is 35.2 Å². The third kappa shape index (κ3) is 3.15. The smallest absolute Gasteiger partial charge is 0.324 e. The predicted molar refractivity (Wildman–Crippen MR) is 91.4 cm³/mol. The summed E-state index contributed by atoms with van der Waals surface area (Å²) in [7, 11) is 0. The first-order valence-electron chi connectivity index (χ1n) is 7.52. The average molecular weight is 359 g/mol. The minimum Gasteiger partial charge on any atom is -0.324 e. The summed E-state index contributed by atoms with van der Waals surface area (Å²) < 4.78 is 39.9. The van der Waals surface area contributed by atoms with Crippen molar-refractivity contribution in [1.29, 1.82) is 0 Å². The van der Waals surface area contributed by atoms with Gasteiger partial charge in [-0.2, -0.15) is 13.2 Å². The summed E-state index contributed by atoms with van der Waals surface area (Å²) in [6.45, 7) is 0.567. The molecule has 0 bridgehead atoms. The summed E-state index contributed by atoms with van der Waals surface area (Å²) in [5.41, 5.74) is 2.81. The lowest BCUT2D eigenvalue weighted by Crippen LogP contribution is -2.04. The molecule has 0 aliphatic rings. The molecule has 0 spiro atoms. The monoisotopic (exact) mass is 359 g/mol. The van der Waals surface area contributed by atoms with Crippen molar-refractivity contribution >= 4 is 22.4 Å². The molecule has 0 saturated carbocycles. The number of para-hydroxylation sites is 2. The topological polar surface area (TPSA) is 30.7 Å². The Hall–Kier alpha value is -2.67. The van der Waals surface area contributed by atoms with Crippen molar-refractivity contribution in [1.82, 2.24) is 14.5 Å². The molecule has 0 saturated heterocycles. The molecule has 4 rings (SSSR count). The van der Waals surface area contributed by atoms with Gasteiger partial charge in [0.25, 0.3) is 0 Å². The number of hydrogen-bond donors (Lipinski definition) is 0. The number of alkyl halides is 3. The van der Waals surface area contributed by atoms with E-state index in [4.69, 9.17) is 0 Å². The standard InChI is InChI=1S/C18H12F3N3S/c19-18(20,21)13-7-5-12(6-8-13)17-23-14(10-25-17)9-24-11-22-15-3-1-2-4-16(15)24/h1-8,10-11H,9H2. The van der Waals surface area contributed by atoms with Crippen LogP contribution in [0.3, 0.4) is 0 Å². The number of aromatic nitrogens is 3. The molecule has 7 heteroatoms. The van der Waals surface area contributed by atoms with Gasteiger partial charge in [-0.15, -0.1) is 11.3 Å². The Balaban J connectivity index is 1.58. The van der Waals surface area contributed by atoms with Crippen LogP contribution in [-0.2, 0) is 12.7 Å². The lowest BCUT2D eigenvalue weighted by Gasteiger charge is -2.06. The zero-order valence-corrected chi connectivity index (χ0v) is 13.7. The van der Waals surface area contributed by atoms with Gasteiger partial charge in [0.2, 0.25) is 0 Å². The van der Waals surface area contributed by atoms with Gasteiger partial charge in [0.1, 0.15) is 5.01 Å². The van der Waals surface area contributed by atoms with Crippen LogP contribution >= 0.6 is 11.3 Å². The maximum absolute atomic E-state index is 12.6. The molecule has 0 N–H and O–H groups in total. The van der Waals surface area contributed by atoms with E-state index in [1.165, 1.54) is 23.5 Å². The maximum Gasteiger partial charge on any atom is 0.416 e. The largest absolute Gasteiger partial charge is 0.416 e. The molecule has 0 amide bonds. The number of fused-ring (bicyclic) bond motifs is 1. The van der Waals surface area contributed by atoms with Gasteiger partial charge in [-0.25, -0.2) is 9.97 Å². The van der Waals surface area contributed by atoms with Gasteiger partial charge in [-0.1, -0.05) is 24.3 Å². The van der Waals surface area contributed by atoms with Crippen molar-refractivity contribution in [2.45, 2.75) is 12.7 Å². The molecule has 126 valence electrons. The second-order valence-electron chi connectivity index (χ2n) is 5.58. The molecular formula is C18H12F3N3S. The van der Waals surface area contributed by atoms with Crippen LogP contribution in [0.2, 0.25) is 0 Å². The molecule has 25 heavy (non-hydrogen) atoms. The lowest BCUT2D eigenvalue weighted by molar-refractivity contribution is -0.137. The lowest BCUT2D eigenvalue weighted by atomic mass is 10.1. The van der Waals surface area contributed by atoms with Crippen LogP contribution in [-0.4, -0.2) is 14.5 Å². The normalized spacial score (nSPS) is 12.0. The van der Waals surface area contributed by atoms with Gasteiger partial charge in [0, 0.05) is 10.9 Å². The van der Waals surface area contributed by atoms with Crippen LogP contribution < -0.4 is 0 Å².